The van der Waals surface area contributed by atoms with Crippen LogP contribution in [-0.2, 0) is 6.42 Å². The van der Waals surface area contributed by atoms with Gasteiger partial charge in [-0.2, -0.15) is 5.26 Å². The van der Waals surface area contributed by atoms with Crippen LogP contribution in [0.2, 0.25) is 0 Å². The van der Waals surface area contributed by atoms with Crippen LogP contribution in [0.25, 0.3) is 0 Å². The molecule has 0 aliphatic rings. The van der Waals surface area contributed by atoms with Gasteiger partial charge in [0, 0.05) is 0 Å². The highest BCUT2D eigenvalue weighted by atomic mass is 19.2. The van der Waals surface area contributed by atoms with Crippen molar-refractivity contribution in [2.24, 2.45) is 0 Å². The molecule has 3 heteroatoms. The first kappa shape index (κ1) is 13.6. The molecule has 0 amide bonds. The van der Waals surface area contributed by atoms with Crippen molar-refractivity contribution in [3.05, 3.63) is 34.9 Å². The third-order valence-electron chi connectivity index (χ3n) is 2.83. The Bertz CT molecular complexity index is 407. The summed E-state index contributed by atoms with van der Waals surface area (Å²) < 4.78 is 26.8. The second-order valence-electron chi connectivity index (χ2n) is 4.18. The van der Waals surface area contributed by atoms with Crippen molar-refractivity contribution in [2.45, 2.75) is 45.4 Å². The van der Waals surface area contributed by atoms with Crippen molar-refractivity contribution in [2.75, 3.05) is 0 Å². The summed E-state index contributed by atoms with van der Waals surface area (Å²) in [6, 6.07) is 4.49. The molecule has 0 aromatic heterocycles. The summed E-state index contributed by atoms with van der Waals surface area (Å²) in [5.41, 5.74) is 0.148. The maximum absolute atomic E-state index is 13.5. The second kappa shape index (κ2) is 7.01. The molecule has 0 radical (unpaired) electrons. The van der Waals surface area contributed by atoms with Crippen molar-refractivity contribution in [1.29, 1.82) is 5.26 Å². The van der Waals surface area contributed by atoms with E-state index in [-0.39, 0.29) is 5.56 Å². The Balaban J connectivity index is 2.55. The highest BCUT2D eigenvalue weighted by Gasteiger charge is 2.12. The van der Waals surface area contributed by atoms with Crippen LogP contribution in [0, 0.1) is 23.0 Å². The second-order valence-corrected chi connectivity index (χ2v) is 4.18. The normalized spacial score (nSPS) is 10.2. The minimum atomic E-state index is -1.02. The fraction of sp³-hybridized carbons (Fsp3) is 0.500. The van der Waals surface area contributed by atoms with Crippen molar-refractivity contribution < 1.29 is 8.78 Å². The topological polar surface area (TPSA) is 23.8 Å². The Morgan fingerprint density at radius 1 is 1.06 bits per heavy atom. The first-order valence-electron chi connectivity index (χ1n) is 6.07. The smallest absolute Gasteiger partial charge is 0.176 e. The number of hydrogen-bond donors (Lipinski definition) is 0. The summed E-state index contributed by atoms with van der Waals surface area (Å²) in [7, 11) is 0. The van der Waals surface area contributed by atoms with E-state index < -0.39 is 11.6 Å². The number of unbranched alkanes of at least 4 members (excludes halogenated alkanes) is 4. The molecule has 1 aromatic carbocycles. The lowest BCUT2D eigenvalue weighted by atomic mass is 10.0. The van der Waals surface area contributed by atoms with Gasteiger partial charge in [-0.3, -0.25) is 0 Å². The number of hydrogen-bond acceptors (Lipinski definition) is 1. The van der Waals surface area contributed by atoms with Crippen LogP contribution in [0.1, 0.15) is 50.2 Å². The first-order valence-corrected chi connectivity index (χ1v) is 6.07. The van der Waals surface area contributed by atoms with E-state index in [2.05, 4.69) is 6.92 Å². The first-order chi connectivity index (χ1) is 8.20. The largest absolute Gasteiger partial charge is 0.203 e. The van der Waals surface area contributed by atoms with Crippen LogP contribution in [0.3, 0.4) is 0 Å². The number of rotatable bonds is 6. The zero-order valence-electron chi connectivity index (χ0n) is 10.1. The van der Waals surface area contributed by atoms with Crippen LogP contribution in [0.15, 0.2) is 12.1 Å². The van der Waals surface area contributed by atoms with Crippen LogP contribution in [-0.4, -0.2) is 0 Å². The molecule has 0 aliphatic heterocycles. The minimum Gasteiger partial charge on any atom is -0.203 e. The molecule has 17 heavy (non-hydrogen) atoms. The van der Waals surface area contributed by atoms with Crippen LogP contribution in [0.4, 0.5) is 8.78 Å². The molecular formula is C14H17F2N. The van der Waals surface area contributed by atoms with Crippen LogP contribution < -0.4 is 0 Å². The van der Waals surface area contributed by atoms with Crippen molar-refractivity contribution >= 4 is 0 Å². The summed E-state index contributed by atoms with van der Waals surface area (Å²) in [6.07, 6.45) is 5.93. The molecule has 1 rings (SSSR count). The molecule has 0 saturated carbocycles. The molecule has 0 fully saturated rings. The molecule has 0 atom stereocenters. The van der Waals surface area contributed by atoms with E-state index in [0.29, 0.717) is 12.0 Å². The number of nitriles is 1. The van der Waals surface area contributed by atoms with Crippen LogP contribution >= 0.6 is 0 Å². The summed E-state index contributed by atoms with van der Waals surface area (Å²) >= 11 is 0. The van der Waals surface area contributed by atoms with Crippen molar-refractivity contribution in [3.63, 3.8) is 0 Å². The molecule has 1 aromatic rings. The van der Waals surface area contributed by atoms with Gasteiger partial charge in [0.05, 0.1) is 5.56 Å². The van der Waals surface area contributed by atoms with Gasteiger partial charge in [-0.1, -0.05) is 38.7 Å². The average molecular weight is 237 g/mol. The van der Waals surface area contributed by atoms with Gasteiger partial charge in [0.2, 0.25) is 0 Å². The Hall–Kier alpha value is -1.43. The average Bonchev–Trinajstić information content (AvgIpc) is 2.34. The molecular weight excluding hydrogens is 220 g/mol. The molecule has 1 nitrogen and oxygen atoms in total. The third kappa shape index (κ3) is 3.81. The SMILES string of the molecule is CCCCCCCc1ccc(C#N)c(F)c1F. The number of halogens is 2. The minimum absolute atomic E-state index is 0.225. The summed E-state index contributed by atoms with van der Waals surface area (Å²) in [5.74, 6) is -1.88. The summed E-state index contributed by atoms with van der Waals surface area (Å²) in [5, 5.41) is 8.55. The van der Waals surface area contributed by atoms with E-state index >= 15 is 0 Å². The van der Waals surface area contributed by atoms with Gasteiger partial charge in [-0.25, -0.2) is 8.78 Å². The van der Waals surface area contributed by atoms with Gasteiger partial charge < -0.3 is 0 Å². The van der Waals surface area contributed by atoms with Crippen LogP contribution in [0.5, 0.6) is 0 Å². The van der Waals surface area contributed by atoms with Gasteiger partial charge >= 0.3 is 0 Å². The number of benzene rings is 1. The highest BCUT2D eigenvalue weighted by Crippen LogP contribution is 2.18. The molecule has 0 spiro atoms. The van der Waals surface area contributed by atoms with E-state index in [1.807, 2.05) is 0 Å². The third-order valence-corrected chi connectivity index (χ3v) is 2.83. The Morgan fingerprint density at radius 3 is 2.41 bits per heavy atom. The maximum Gasteiger partial charge on any atom is 0.176 e. The lowest BCUT2D eigenvalue weighted by Gasteiger charge is -2.05. The van der Waals surface area contributed by atoms with Crippen molar-refractivity contribution in [3.8, 4) is 6.07 Å². The fourth-order valence-corrected chi connectivity index (χ4v) is 1.79. The van der Waals surface area contributed by atoms with E-state index in [9.17, 15) is 8.78 Å². The summed E-state index contributed by atoms with van der Waals surface area (Å²) in [6.45, 7) is 2.13. The standard InChI is InChI=1S/C14H17F2N/c1-2-3-4-5-6-7-11-8-9-12(10-17)14(16)13(11)15/h8-9H,2-7H2,1H3. The number of aryl methyl sites for hydroxylation is 1. The highest BCUT2D eigenvalue weighted by molar-refractivity contribution is 5.34. The van der Waals surface area contributed by atoms with Gasteiger partial charge in [0.1, 0.15) is 6.07 Å². The Morgan fingerprint density at radius 2 is 1.76 bits per heavy atom. The lowest BCUT2D eigenvalue weighted by Crippen LogP contribution is -1.97. The zero-order chi connectivity index (χ0) is 12.7. The molecule has 0 N–H and O–H groups in total. The van der Waals surface area contributed by atoms with Crippen molar-refractivity contribution in [1.82, 2.24) is 0 Å². The van der Waals surface area contributed by atoms with E-state index in [1.165, 1.54) is 25.0 Å². The van der Waals surface area contributed by atoms with E-state index in [4.69, 9.17) is 5.26 Å². The Labute approximate surface area is 101 Å². The quantitative estimate of drug-likeness (QED) is 0.675. The predicted octanol–water partition coefficient (Wildman–Crippen LogP) is 4.35. The molecule has 92 valence electrons. The van der Waals surface area contributed by atoms with Gasteiger partial charge in [0.25, 0.3) is 0 Å². The van der Waals surface area contributed by atoms with Gasteiger partial charge in [-0.15, -0.1) is 0 Å². The molecule has 0 heterocycles. The maximum atomic E-state index is 13.5. The summed E-state index contributed by atoms with van der Waals surface area (Å²) in [4.78, 5) is 0. The monoisotopic (exact) mass is 237 g/mol. The lowest BCUT2D eigenvalue weighted by molar-refractivity contribution is 0.493. The predicted molar refractivity (Wildman–Crippen MR) is 63.5 cm³/mol. The zero-order valence-corrected chi connectivity index (χ0v) is 10.1. The fourth-order valence-electron chi connectivity index (χ4n) is 1.79. The molecule has 0 saturated heterocycles. The van der Waals surface area contributed by atoms with E-state index in [1.54, 1.807) is 6.07 Å². The Kier molecular flexibility index (Phi) is 5.62. The molecule has 0 bridgehead atoms. The van der Waals surface area contributed by atoms with Gasteiger partial charge in [0.15, 0.2) is 11.6 Å². The van der Waals surface area contributed by atoms with Gasteiger partial charge in [-0.05, 0) is 24.5 Å². The molecule has 0 unspecified atom stereocenters. The van der Waals surface area contributed by atoms with E-state index in [0.717, 1.165) is 19.3 Å². The number of nitrogens with zero attached hydrogens (tertiary/aromatic N) is 1. The molecule has 0 aliphatic carbocycles.